The fraction of sp³-hybridized carbons (Fsp3) is 0.306. The van der Waals surface area contributed by atoms with Gasteiger partial charge in [-0.1, -0.05) is 36.8 Å². The number of aromatic amines is 2. The van der Waals surface area contributed by atoms with Gasteiger partial charge in [0.15, 0.2) is 11.5 Å². The van der Waals surface area contributed by atoms with E-state index in [2.05, 4.69) is 26.0 Å². The number of imidazole rings is 1. The number of nitrogens with one attached hydrogen (secondary N) is 3. The quantitative estimate of drug-likeness (QED) is 0.150. The number of nitrogens with zero attached hydrogens (tertiary/aromatic N) is 4. The van der Waals surface area contributed by atoms with Crippen LogP contribution >= 0.6 is 0 Å². The summed E-state index contributed by atoms with van der Waals surface area (Å²) in [5.74, 6) is -2.80. The molecule has 4 aromatic rings. The molecule has 0 bridgehead atoms. The molecule has 260 valence electrons. The fourth-order valence-electron chi connectivity index (χ4n) is 6.33. The van der Waals surface area contributed by atoms with E-state index in [-0.39, 0.29) is 25.4 Å². The monoisotopic (exact) mass is 702 g/mol. The molecule has 0 radical (unpaired) electrons. The van der Waals surface area contributed by atoms with Gasteiger partial charge in [-0.05, 0) is 65.9 Å². The van der Waals surface area contributed by atoms with Crippen molar-refractivity contribution in [3.8, 4) is 11.5 Å². The maximum Gasteiger partial charge on any atom is 0.261 e. The molecular weight excluding hydrogens is 666 g/mol. The zero-order chi connectivity index (χ0) is 35.2. The minimum absolute atomic E-state index is 0.0589. The molecule has 1 saturated carbocycles. The Kier molecular flexibility index (Phi) is 8.87. The van der Waals surface area contributed by atoms with Crippen molar-refractivity contribution in [1.29, 1.82) is 0 Å². The van der Waals surface area contributed by atoms with E-state index in [0.717, 1.165) is 30.4 Å². The van der Waals surface area contributed by atoms with Gasteiger partial charge in [-0.15, -0.1) is 0 Å². The molecule has 1 saturated heterocycles. The van der Waals surface area contributed by atoms with E-state index in [4.69, 9.17) is 15.7 Å². The number of pyridine rings is 1. The molecule has 1 aromatic carbocycles. The second-order valence-corrected chi connectivity index (χ2v) is 15.0. The Morgan fingerprint density at radius 1 is 1.18 bits per heavy atom. The number of H-pyrrole nitrogens is 2. The highest BCUT2D eigenvalue weighted by Crippen LogP contribution is 2.36. The van der Waals surface area contributed by atoms with Crippen molar-refractivity contribution in [1.82, 2.24) is 34.8 Å². The summed E-state index contributed by atoms with van der Waals surface area (Å²) < 4.78 is 68.5. The molecule has 2 fully saturated rings. The molecule has 2 aliphatic carbocycles. The molecule has 7 rings (SSSR count). The number of fused-ring (bicyclic) bond motifs is 2. The van der Waals surface area contributed by atoms with Crippen LogP contribution in [-0.4, -0.2) is 70.3 Å². The first-order valence-corrected chi connectivity index (χ1v) is 18.2. The molecule has 0 amide bonds. The summed E-state index contributed by atoms with van der Waals surface area (Å²) in [6.45, 7) is 2.41. The van der Waals surface area contributed by atoms with Gasteiger partial charge in [-0.2, -0.15) is 5.10 Å². The molecule has 3 aromatic heterocycles. The maximum absolute atomic E-state index is 14.8. The third-order valence-corrected chi connectivity index (χ3v) is 9.61. The van der Waals surface area contributed by atoms with Crippen LogP contribution in [0.2, 0.25) is 0 Å². The predicted molar refractivity (Wildman–Crippen MR) is 188 cm³/mol. The standard InChI is InChI=1S/C36H37F3N8O2S/c1-21-4-3-5-28(25-13-23(15-27(37)16-25)18-41-50(2,48)49)32-31(21)43-35(44-32)34-33-30(45-46-34)9-8-29(42-33)26(17-40)14-24(12-22-6-7-22)19-47-11-10-36(38,39)20-47/h3-5,8-9,12-17,21,41H,6-7,10-11,18-20,40H2,1-2H3,(H,43,44)(H,45,46)/b24-14+,26-17+. The summed E-state index contributed by atoms with van der Waals surface area (Å²) in [7, 11) is -3.48. The number of aromatic nitrogens is 5. The van der Waals surface area contributed by atoms with Crippen LogP contribution in [0.4, 0.5) is 13.2 Å². The summed E-state index contributed by atoms with van der Waals surface area (Å²) in [6, 6.07) is 8.12. The van der Waals surface area contributed by atoms with Crippen molar-refractivity contribution in [3.63, 3.8) is 0 Å². The van der Waals surface area contributed by atoms with Gasteiger partial charge in [0.1, 0.15) is 11.3 Å². The summed E-state index contributed by atoms with van der Waals surface area (Å²) in [6.07, 6.45) is 14.1. The molecule has 5 N–H and O–H groups in total. The Morgan fingerprint density at radius 2 is 2.00 bits per heavy atom. The highest BCUT2D eigenvalue weighted by molar-refractivity contribution is 7.88. The largest absolute Gasteiger partial charge is 0.404 e. The third kappa shape index (κ3) is 7.52. The fourth-order valence-corrected chi connectivity index (χ4v) is 6.76. The number of rotatable bonds is 10. The highest BCUT2D eigenvalue weighted by atomic mass is 32.2. The Bertz CT molecular complexity index is 2240. The highest BCUT2D eigenvalue weighted by Gasteiger charge is 2.38. The zero-order valence-corrected chi connectivity index (χ0v) is 28.4. The van der Waals surface area contributed by atoms with Gasteiger partial charge in [0.25, 0.3) is 5.92 Å². The number of alkyl halides is 2. The van der Waals surface area contributed by atoms with Crippen molar-refractivity contribution in [2.24, 2.45) is 5.73 Å². The topological polar surface area (TPSA) is 146 Å². The van der Waals surface area contributed by atoms with Crippen LogP contribution in [0.1, 0.15) is 60.3 Å². The van der Waals surface area contributed by atoms with E-state index in [1.807, 2.05) is 43.4 Å². The number of sulfonamides is 1. The second-order valence-electron chi connectivity index (χ2n) is 13.2. The first-order chi connectivity index (χ1) is 23.8. The molecule has 1 atom stereocenters. The Morgan fingerprint density at radius 3 is 2.72 bits per heavy atom. The maximum atomic E-state index is 14.8. The summed E-state index contributed by atoms with van der Waals surface area (Å²) in [4.78, 5) is 15.1. The molecule has 3 aliphatic rings. The lowest BCUT2D eigenvalue weighted by atomic mass is 9.97. The van der Waals surface area contributed by atoms with Crippen LogP contribution in [0.15, 0.2) is 78.1 Å². The second kappa shape index (κ2) is 13.2. The molecule has 1 aliphatic heterocycles. The SMILES string of the molecule is CC1C=CC=C(c2cc(F)cc(CNS(C)(=O)=O)c2)c2nc(-c3n[nH]c4ccc(C(/C=C(\C=C5CC5)CN5CCC(F)(F)C5)=C/N)nc34)[nH]c21. The molecule has 1 unspecified atom stereocenters. The van der Waals surface area contributed by atoms with E-state index in [1.54, 1.807) is 11.0 Å². The number of hydrogen-bond acceptors (Lipinski definition) is 7. The molecule has 4 heterocycles. The number of nitrogens with two attached hydrogens (primary N) is 1. The van der Waals surface area contributed by atoms with Crippen molar-refractivity contribution >= 4 is 32.2 Å². The minimum Gasteiger partial charge on any atom is -0.404 e. The van der Waals surface area contributed by atoms with Gasteiger partial charge < -0.3 is 10.7 Å². The predicted octanol–water partition coefficient (Wildman–Crippen LogP) is 5.93. The number of hydrogen-bond donors (Lipinski definition) is 4. The van der Waals surface area contributed by atoms with Crippen molar-refractivity contribution in [2.75, 3.05) is 25.9 Å². The molecule has 50 heavy (non-hydrogen) atoms. The van der Waals surface area contributed by atoms with Gasteiger partial charge in [0, 0.05) is 55.0 Å². The Balaban J connectivity index is 1.23. The Hall–Kier alpha value is -4.79. The van der Waals surface area contributed by atoms with Crippen LogP contribution in [0, 0.1) is 5.82 Å². The van der Waals surface area contributed by atoms with E-state index in [1.165, 1.54) is 23.9 Å². The summed E-state index contributed by atoms with van der Waals surface area (Å²) in [5, 5.41) is 7.58. The van der Waals surface area contributed by atoms with Crippen molar-refractivity contribution in [2.45, 2.75) is 44.6 Å². The molecule has 10 nitrogen and oxygen atoms in total. The number of allylic oxidation sites excluding steroid dienone is 6. The molecule has 14 heteroatoms. The zero-order valence-electron chi connectivity index (χ0n) is 27.6. The van der Waals surface area contributed by atoms with Gasteiger partial charge in [0.05, 0.1) is 29.7 Å². The smallest absolute Gasteiger partial charge is 0.261 e. The average molecular weight is 703 g/mol. The van der Waals surface area contributed by atoms with E-state index in [9.17, 15) is 21.6 Å². The molecular formula is C36H37F3N8O2S. The van der Waals surface area contributed by atoms with E-state index in [0.29, 0.717) is 69.3 Å². The van der Waals surface area contributed by atoms with Crippen LogP contribution < -0.4 is 10.5 Å². The lowest BCUT2D eigenvalue weighted by Gasteiger charge is -2.16. The first-order valence-electron chi connectivity index (χ1n) is 16.4. The summed E-state index contributed by atoms with van der Waals surface area (Å²) in [5.41, 5.74) is 14.3. The third-order valence-electron chi connectivity index (χ3n) is 8.94. The lowest BCUT2D eigenvalue weighted by Crippen LogP contribution is -2.26. The van der Waals surface area contributed by atoms with Crippen LogP contribution in [0.25, 0.3) is 33.7 Å². The normalized spacial score (nSPS) is 19.5. The van der Waals surface area contributed by atoms with Crippen LogP contribution in [0.3, 0.4) is 0 Å². The molecule has 0 spiro atoms. The first kappa shape index (κ1) is 33.7. The lowest BCUT2D eigenvalue weighted by molar-refractivity contribution is 0.0131. The Labute approximate surface area is 287 Å². The van der Waals surface area contributed by atoms with Gasteiger partial charge >= 0.3 is 0 Å². The van der Waals surface area contributed by atoms with E-state index < -0.39 is 21.8 Å². The average Bonchev–Trinajstić information content (AvgIpc) is 3.49. The summed E-state index contributed by atoms with van der Waals surface area (Å²) >= 11 is 0. The minimum atomic E-state index is -3.48. The number of likely N-dealkylation sites (tertiary alicyclic amines) is 1. The van der Waals surface area contributed by atoms with E-state index >= 15 is 0 Å². The van der Waals surface area contributed by atoms with Crippen molar-refractivity contribution in [3.05, 3.63) is 112 Å². The van der Waals surface area contributed by atoms with Crippen molar-refractivity contribution < 1.29 is 21.6 Å². The van der Waals surface area contributed by atoms with Gasteiger partial charge in [-0.25, -0.2) is 36.3 Å². The van der Waals surface area contributed by atoms with Gasteiger partial charge in [-0.3, -0.25) is 10.00 Å². The number of halogens is 3. The van der Waals surface area contributed by atoms with Crippen LogP contribution in [0.5, 0.6) is 0 Å². The number of benzene rings is 1. The van der Waals surface area contributed by atoms with Gasteiger partial charge in [0.2, 0.25) is 10.0 Å². The van der Waals surface area contributed by atoms with Crippen LogP contribution in [-0.2, 0) is 16.6 Å².